The average molecular weight is 307 g/mol. The highest BCUT2D eigenvalue weighted by molar-refractivity contribution is 6.77. The largest absolute Gasteiger partial charge is 0.416 e. The van der Waals surface area contributed by atoms with Gasteiger partial charge in [0.05, 0.1) is 0 Å². The lowest BCUT2D eigenvalue weighted by Gasteiger charge is -2.42. The molecule has 0 heterocycles. The van der Waals surface area contributed by atoms with Crippen molar-refractivity contribution in [2.45, 2.75) is 83.8 Å². The minimum atomic E-state index is -1.72. The molecule has 1 atom stereocenters. The SMILES string of the molecule is C#CC1=CCCCC1CCO[Si](C(C)C)(C(C)C)C(C)C. The predicted molar refractivity (Wildman–Crippen MR) is 95.9 cm³/mol. The van der Waals surface area contributed by atoms with Crippen molar-refractivity contribution in [3.05, 3.63) is 11.6 Å². The van der Waals surface area contributed by atoms with E-state index in [9.17, 15) is 0 Å². The maximum Gasteiger partial charge on any atom is 0.200 e. The van der Waals surface area contributed by atoms with E-state index in [0.29, 0.717) is 22.5 Å². The molecule has 1 rings (SSSR count). The highest BCUT2D eigenvalue weighted by Gasteiger charge is 2.44. The van der Waals surface area contributed by atoms with Crippen LogP contribution in [0.15, 0.2) is 11.6 Å². The van der Waals surface area contributed by atoms with Crippen molar-refractivity contribution >= 4 is 8.32 Å². The second-order valence-corrected chi connectivity index (χ2v) is 12.8. The fourth-order valence-electron chi connectivity index (χ4n) is 4.30. The first kappa shape index (κ1) is 18.5. The van der Waals surface area contributed by atoms with E-state index < -0.39 is 8.32 Å². The smallest absolute Gasteiger partial charge is 0.200 e. The van der Waals surface area contributed by atoms with E-state index in [0.717, 1.165) is 19.4 Å². The Hall–Kier alpha value is -0.523. The third-order valence-electron chi connectivity index (χ3n) is 5.25. The van der Waals surface area contributed by atoms with Gasteiger partial charge in [-0.3, -0.25) is 0 Å². The minimum absolute atomic E-state index is 0.557. The van der Waals surface area contributed by atoms with Crippen molar-refractivity contribution in [1.82, 2.24) is 0 Å². The molecule has 0 aromatic rings. The second-order valence-electron chi connectivity index (χ2n) is 7.39. The van der Waals surface area contributed by atoms with E-state index in [1.807, 2.05) is 0 Å². The Morgan fingerprint density at radius 3 is 2.24 bits per heavy atom. The molecule has 0 aliphatic heterocycles. The summed E-state index contributed by atoms with van der Waals surface area (Å²) in [6, 6.07) is 0. The van der Waals surface area contributed by atoms with Gasteiger partial charge in [0.25, 0.3) is 0 Å². The highest BCUT2D eigenvalue weighted by Crippen LogP contribution is 2.42. The molecule has 0 saturated heterocycles. The molecule has 0 fully saturated rings. The summed E-state index contributed by atoms with van der Waals surface area (Å²) in [4.78, 5) is 0. The van der Waals surface area contributed by atoms with Gasteiger partial charge in [-0.05, 0) is 48.2 Å². The van der Waals surface area contributed by atoms with Gasteiger partial charge in [-0.1, -0.05) is 53.5 Å². The summed E-state index contributed by atoms with van der Waals surface area (Å²) in [6.45, 7) is 15.0. The van der Waals surface area contributed by atoms with E-state index >= 15 is 0 Å². The molecule has 0 N–H and O–H groups in total. The van der Waals surface area contributed by atoms with Gasteiger partial charge in [0, 0.05) is 12.2 Å². The fourth-order valence-corrected chi connectivity index (χ4v) is 9.77. The van der Waals surface area contributed by atoms with Gasteiger partial charge in [0.1, 0.15) is 0 Å². The summed E-state index contributed by atoms with van der Waals surface area (Å²) in [5.41, 5.74) is 3.19. The summed E-state index contributed by atoms with van der Waals surface area (Å²) < 4.78 is 6.65. The zero-order chi connectivity index (χ0) is 16.0. The molecule has 120 valence electrons. The molecule has 1 aliphatic rings. The van der Waals surface area contributed by atoms with Crippen molar-refractivity contribution < 1.29 is 4.43 Å². The summed E-state index contributed by atoms with van der Waals surface area (Å²) >= 11 is 0. The van der Waals surface area contributed by atoms with Gasteiger partial charge < -0.3 is 4.43 Å². The lowest BCUT2D eigenvalue weighted by molar-refractivity contribution is 0.251. The molecule has 0 spiro atoms. The van der Waals surface area contributed by atoms with E-state index in [-0.39, 0.29) is 0 Å². The van der Waals surface area contributed by atoms with E-state index in [1.54, 1.807) is 0 Å². The third-order valence-corrected chi connectivity index (χ3v) is 11.4. The Labute approximate surface area is 133 Å². The van der Waals surface area contributed by atoms with Gasteiger partial charge in [-0.2, -0.15) is 0 Å². The van der Waals surface area contributed by atoms with Crippen LogP contribution in [0.3, 0.4) is 0 Å². The zero-order valence-electron chi connectivity index (χ0n) is 14.9. The van der Waals surface area contributed by atoms with Crippen LogP contribution in [0.4, 0.5) is 0 Å². The van der Waals surface area contributed by atoms with Gasteiger partial charge in [-0.15, -0.1) is 6.42 Å². The number of allylic oxidation sites excluding steroid dienone is 2. The quantitative estimate of drug-likeness (QED) is 0.418. The van der Waals surface area contributed by atoms with Crippen molar-refractivity contribution in [1.29, 1.82) is 0 Å². The molecule has 0 bridgehead atoms. The lowest BCUT2D eigenvalue weighted by Crippen LogP contribution is -2.48. The standard InChI is InChI=1S/C19H34OSi/c1-8-18-11-9-10-12-19(18)13-14-20-21(15(2)3,16(4)5)17(6)7/h1,11,15-17,19H,9-10,12-14H2,2-7H3. The Morgan fingerprint density at radius 2 is 1.76 bits per heavy atom. The van der Waals surface area contributed by atoms with Crippen molar-refractivity contribution in [2.24, 2.45) is 5.92 Å². The molecule has 0 saturated carbocycles. The Bertz CT molecular complexity index is 365. The Kier molecular flexibility index (Phi) is 7.23. The van der Waals surface area contributed by atoms with Crippen LogP contribution in [0.2, 0.25) is 16.6 Å². The topological polar surface area (TPSA) is 9.23 Å². The molecule has 21 heavy (non-hydrogen) atoms. The van der Waals surface area contributed by atoms with Gasteiger partial charge in [-0.25, -0.2) is 0 Å². The Morgan fingerprint density at radius 1 is 1.19 bits per heavy atom. The molecule has 0 amide bonds. The van der Waals surface area contributed by atoms with Crippen LogP contribution in [0.5, 0.6) is 0 Å². The zero-order valence-corrected chi connectivity index (χ0v) is 15.9. The van der Waals surface area contributed by atoms with Gasteiger partial charge in [0.15, 0.2) is 8.32 Å². The van der Waals surface area contributed by atoms with Crippen molar-refractivity contribution in [2.75, 3.05) is 6.61 Å². The molecule has 0 radical (unpaired) electrons. The third kappa shape index (κ3) is 4.24. The first-order valence-corrected chi connectivity index (χ1v) is 10.8. The molecule has 2 heteroatoms. The average Bonchev–Trinajstić information content (AvgIpc) is 2.42. The fraction of sp³-hybridized carbons (Fsp3) is 0.789. The number of hydrogen-bond donors (Lipinski definition) is 0. The maximum atomic E-state index is 6.65. The normalized spacial score (nSPS) is 20.0. The lowest BCUT2D eigenvalue weighted by atomic mass is 9.86. The van der Waals surface area contributed by atoms with Crippen molar-refractivity contribution in [3.8, 4) is 12.3 Å². The first-order chi connectivity index (χ1) is 9.86. The summed E-state index contributed by atoms with van der Waals surface area (Å²) in [6.07, 6.45) is 12.7. The second kappa shape index (κ2) is 8.20. The molecular formula is C19H34OSi. The molecule has 0 aromatic heterocycles. The van der Waals surface area contributed by atoms with Crippen LogP contribution in [0, 0.1) is 18.3 Å². The molecular weight excluding hydrogens is 272 g/mol. The number of hydrogen-bond acceptors (Lipinski definition) is 1. The Balaban J connectivity index is 2.68. The predicted octanol–water partition coefficient (Wildman–Crippen LogP) is 5.93. The van der Waals surface area contributed by atoms with E-state index in [4.69, 9.17) is 10.8 Å². The van der Waals surface area contributed by atoms with Crippen LogP contribution in [0.25, 0.3) is 0 Å². The number of rotatable bonds is 7. The van der Waals surface area contributed by atoms with Gasteiger partial charge >= 0.3 is 0 Å². The summed E-state index contributed by atoms with van der Waals surface area (Å²) in [5.74, 6) is 3.44. The van der Waals surface area contributed by atoms with Crippen molar-refractivity contribution in [3.63, 3.8) is 0 Å². The van der Waals surface area contributed by atoms with Crippen LogP contribution >= 0.6 is 0 Å². The molecule has 1 nitrogen and oxygen atoms in total. The van der Waals surface area contributed by atoms with Crippen LogP contribution in [-0.2, 0) is 4.43 Å². The summed E-state index contributed by atoms with van der Waals surface area (Å²) in [7, 11) is -1.72. The minimum Gasteiger partial charge on any atom is -0.416 e. The van der Waals surface area contributed by atoms with Crippen LogP contribution in [0.1, 0.15) is 67.2 Å². The highest BCUT2D eigenvalue weighted by atomic mass is 28.4. The van der Waals surface area contributed by atoms with E-state index in [1.165, 1.54) is 18.4 Å². The van der Waals surface area contributed by atoms with Crippen LogP contribution in [-0.4, -0.2) is 14.9 Å². The first-order valence-electron chi connectivity index (χ1n) is 8.66. The number of terminal acetylenes is 1. The van der Waals surface area contributed by atoms with Gasteiger partial charge in [0.2, 0.25) is 0 Å². The molecule has 1 aliphatic carbocycles. The van der Waals surface area contributed by atoms with E-state index in [2.05, 4.69) is 53.5 Å². The maximum absolute atomic E-state index is 6.65. The van der Waals surface area contributed by atoms with Crippen LogP contribution < -0.4 is 0 Å². The summed E-state index contributed by atoms with van der Waals surface area (Å²) in [5, 5.41) is 0. The monoisotopic (exact) mass is 306 g/mol. The molecule has 1 unspecified atom stereocenters. The molecule has 0 aromatic carbocycles.